The van der Waals surface area contributed by atoms with Gasteiger partial charge in [0.25, 0.3) is 0 Å². The number of pyridine rings is 1. The highest BCUT2D eigenvalue weighted by atomic mass is 16.6. The molecule has 1 amide bonds. The zero-order valence-corrected chi connectivity index (χ0v) is 17.1. The molecule has 0 saturated heterocycles. The summed E-state index contributed by atoms with van der Waals surface area (Å²) < 4.78 is 5.30. The zero-order chi connectivity index (χ0) is 21.9. The van der Waals surface area contributed by atoms with Crippen LogP contribution in [0.1, 0.15) is 38.0 Å². The third-order valence-electron chi connectivity index (χ3n) is 4.72. The number of hydrogen-bond acceptors (Lipinski definition) is 6. The maximum absolute atomic E-state index is 11.5. The first-order valence-electron chi connectivity index (χ1n) is 9.48. The molecule has 3 aromatic rings. The predicted molar refractivity (Wildman–Crippen MR) is 115 cm³/mol. The van der Waals surface area contributed by atoms with Crippen molar-refractivity contribution in [3.63, 3.8) is 0 Å². The molecule has 1 aromatic heterocycles. The number of ether oxygens (including phenoxy) is 1. The van der Waals surface area contributed by atoms with Crippen molar-refractivity contribution in [2.45, 2.75) is 33.4 Å². The van der Waals surface area contributed by atoms with Crippen molar-refractivity contribution in [1.29, 1.82) is 0 Å². The first kappa shape index (κ1) is 21.0. The largest absolute Gasteiger partial charge is 0.441 e. The molecule has 0 saturated carbocycles. The first-order valence-corrected chi connectivity index (χ1v) is 9.48. The van der Waals surface area contributed by atoms with Crippen LogP contribution >= 0.6 is 0 Å². The minimum Gasteiger partial charge on any atom is -0.441 e. The van der Waals surface area contributed by atoms with Crippen LogP contribution in [0.15, 0.2) is 54.7 Å². The Balaban J connectivity index is 1.84. The van der Waals surface area contributed by atoms with E-state index in [-0.39, 0.29) is 11.1 Å². The maximum Gasteiger partial charge on any atom is 0.405 e. The molecule has 0 aliphatic carbocycles. The number of nitrogens with one attached hydrogen (secondary N) is 1. The Morgan fingerprint density at radius 3 is 2.47 bits per heavy atom. The molecule has 1 heterocycles. The van der Waals surface area contributed by atoms with E-state index in [9.17, 15) is 14.9 Å². The Hall–Kier alpha value is -3.68. The molecule has 1 atom stereocenters. The molecule has 8 nitrogen and oxygen atoms in total. The van der Waals surface area contributed by atoms with Crippen LogP contribution < -0.4 is 11.1 Å². The number of hydrogen-bond donors (Lipinski definition) is 2. The fraction of sp³-hybridized carbons (Fsp3) is 0.273. The van der Waals surface area contributed by atoms with Crippen molar-refractivity contribution in [2.75, 3.05) is 5.32 Å². The lowest BCUT2D eigenvalue weighted by Gasteiger charge is -2.30. The highest BCUT2D eigenvalue weighted by Crippen LogP contribution is 2.36. The minimum absolute atomic E-state index is 0.0759. The molecule has 3 rings (SSSR count). The third-order valence-corrected chi connectivity index (χ3v) is 4.72. The molecule has 0 radical (unpaired) electrons. The van der Waals surface area contributed by atoms with Gasteiger partial charge in [-0.15, -0.1) is 0 Å². The summed E-state index contributed by atoms with van der Waals surface area (Å²) in [5.74, 6) is 0. The number of carbonyl (C=O) groups is 1. The van der Waals surface area contributed by atoms with E-state index in [0.717, 1.165) is 11.1 Å². The molecule has 2 aromatic carbocycles. The number of rotatable bonds is 6. The molecule has 3 N–H and O–H groups in total. The van der Waals surface area contributed by atoms with Gasteiger partial charge in [-0.1, -0.05) is 63.2 Å². The molecule has 156 valence electrons. The number of primary amides is 1. The normalized spacial score (nSPS) is 12.4. The number of nitro groups is 1. The Labute approximate surface area is 174 Å². The Kier molecular flexibility index (Phi) is 5.86. The monoisotopic (exact) mass is 408 g/mol. The number of aromatic nitrogens is 1. The summed E-state index contributed by atoms with van der Waals surface area (Å²) >= 11 is 0. The maximum atomic E-state index is 11.5. The van der Waals surface area contributed by atoms with E-state index >= 15 is 0 Å². The van der Waals surface area contributed by atoms with E-state index in [2.05, 4.69) is 10.3 Å². The van der Waals surface area contributed by atoms with E-state index in [4.69, 9.17) is 10.5 Å². The average Bonchev–Trinajstić information content (AvgIpc) is 2.69. The molecule has 8 heteroatoms. The van der Waals surface area contributed by atoms with Gasteiger partial charge in [0.05, 0.1) is 10.4 Å². The summed E-state index contributed by atoms with van der Waals surface area (Å²) in [6, 6.07) is 14.8. The second-order valence-corrected chi connectivity index (χ2v) is 8.07. The quantitative estimate of drug-likeness (QED) is 0.440. The Bertz CT molecular complexity index is 1070. The zero-order valence-electron chi connectivity index (χ0n) is 17.1. The predicted octanol–water partition coefficient (Wildman–Crippen LogP) is 4.94. The molecule has 0 aliphatic rings. The summed E-state index contributed by atoms with van der Waals surface area (Å²) in [6.45, 7) is 6.27. The summed E-state index contributed by atoms with van der Waals surface area (Å²) in [6.07, 6.45) is -0.0390. The second kappa shape index (κ2) is 8.36. The van der Waals surface area contributed by atoms with Crippen LogP contribution in [0.5, 0.6) is 0 Å². The van der Waals surface area contributed by atoms with Crippen LogP contribution in [0.25, 0.3) is 10.9 Å². The number of nitrogens with two attached hydrogens (primary N) is 1. The van der Waals surface area contributed by atoms with Gasteiger partial charge < -0.3 is 15.8 Å². The number of benzene rings is 2. The van der Waals surface area contributed by atoms with Gasteiger partial charge in [0.15, 0.2) is 0 Å². The number of carbonyl (C=O) groups excluding carboxylic acids is 1. The number of nitrogens with zero attached hydrogens (tertiary/aromatic N) is 2. The highest BCUT2D eigenvalue weighted by molar-refractivity contribution is 5.95. The molecule has 0 bridgehead atoms. The van der Waals surface area contributed by atoms with Gasteiger partial charge in [-0.05, 0) is 17.2 Å². The molecule has 0 fully saturated rings. The average molecular weight is 408 g/mol. The van der Waals surface area contributed by atoms with Crippen molar-refractivity contribution >= 4 is 28.4 Å². The first-order chi connectivity index (χ1) is 14.2. The lowest BCUT2D eigenvalue weighted by molar-refractivity contribution is -0.384. The summed E-state index contributed by atoms with van der Waals surface area (Å²) in [7, 11) is 0. The molecule has 0 aliphatic heterocycles. The van der Waals surface area contributed by atoms with Crippen LogP contribution in [-0.2, 0) is 11.3 Å². The van der Waals surface area contributed by atoms with Crippen LogP contribution in [0.2, 0.25) is 0 Å². The van der Waals surface area contributed by atoms with Gasteiger partial charge in [0.1, 0.15) is 18.0 Å². The lowest BCUT2D eigenvalue weighted by Crippen LogP contribution is -2.26. The van der Waals surface area contributed by atoms with Crippen molar-refractivity contribution < 1.29 is 14.5 Å². The summed E-state index contributed by atoms with van der Waals surface area (Å²) in [5, 5.41) is 15.3. The second-order valence-electron chi connectivity index (χ2n) is 8.07. The van der Waals surface area contributed by atoms with Gasteiger partial charge in [0, 0.05) is 17.3 Å². The highest BCUT2D eigenvalue weighted by Gasteiger charge is 2.29. The van der Waals surface area contributed by atoms with E-state index < -0.39 is 17.1 Å². The van der Waals surface area contributed by atoms with Crippen molar-refractivity contribution in [2.24, 2.45) is 11.1 Å². The topological polar surface area (TPSA) is 120 Å². The lowest BCUT2D eigenvalue weighted by atomic mass is 9.84. The van der Waals surface area contributed by atoms with Crippen molar-refractivity contribution in [3.05, 3.63) is 76.0 Å². The van der Waals surface area contributed by atoms with E-state index in [1.807, 2.05) is 63.2 Å². The van der Waals surface area contributed by atoms with E-state index in [1.165, 1.54) is 6.20 Å². The third kappa shape index (κ3) is 4.65. The fourth-order valence-corrected chi connectivity index (χ4v) is 3.32. The molecular formula is C22H24N4O4. The standard InChI is InChI=1S/C22H24N4O4/c1-22(2,3)20(30-21(23)27)15-10-8-14(9-11-15)12-25-19-16-6-4-5-7-17(16)24-13-18(19)26(28)29/h4-11,13,20H,12H2,1-3H3,(H2,23,27)(H,24,25). The summed E-state index contributed by atoms with van der Waals surface area (Å²) in [4.78, 5) is 26.5. The van der Waals surface area contributed by atoms with Gasteiger partial charge >= 0.3 is 11.8 Å². The van der Waals surface area contributed by atoms with Gasteiger partial charge in [-0.3, -0.25) is 10.1 Å². The van der Waals surface area contributed by atoms with Crippen LogP contribution in [0.4, 0.5) is 16.2 Å². The molecule has 30 heavy (non-hydrogen) atoms. The van der Waals surface area contributed by atoms with Crippen LogP contribution in [0.3, 0.4) is 0 Å². The fourth-order valence-electron chi connectivity index (χ4n) is 3.32. The van der Waals surface area contributed by atoms with Crippen molar-refractivity contribution in [3.8, 4) is 0 Å². The smallest absolute Gasteiger partial charge is 0.405 e. The van der Waals surface area contributed by atoms with E-state index in [1.54, 1.807) is 6.07 Å². The van der Waals surface area contributed by atoms with Gasteiger partial charge in [-0.2, -0.15) is 0 Å². The number of amides is 1. The Morgan fingerprint density at radius 2 is 1.87 bits per heavy atom. The molecular weight excluding hydrogens is 384 g/mol. The number of anilines is 1. The van der Waals surface area contributed by atoms with Crippen LogP contribution in [0, 0.1) is 15.5 Å². The summed E-state index contributed by atoms with van der Waals surface area (Å²) in [5.41, 5.74) is 7.67. The molecule has 0 spiro atoms. The van der Waals surface area contributed by atoms with Gasteiger partial charge in [-0.25, -0.2) is 9.78 Å². The Morgan fingerprint density at radius 1 is 1.20 bits per heavy atom. The SMILES string of the molecule is CC(C)(C)C(OC(N)=O)c1ccc(CNc2c([N+](=O)[O-])cnc3ccccc23)cc1. The number of fused-ring (bicyclic) bond motifs is 1. The molecule has 1 unspecified atom stereocenters. The minimum atomic E-state index is -0.822. The van der Waals surface area contributed by atoms with Crippen LogP contribution in [-0.4, -0.2) is 16.0 Å². The van der Waals surface area contributed by atoms with Gasteiger partial charge in [0.2, 0.25) is 0 Å². The number of para-hydroxylation sites is 1. The van der Waals surface area contributed by atoms with E-state index in [0.29, 0.717) is 23.1 Å². The van der Waals surface area contributed by atoms with Crippen molar-refractivity contribution in [1.82, 2.24) is 4.98 Å².